The number of carbonyl (C=O) groups excluding carboxylic acids is 2. The summed E-state index contributed by atoms with van der Waals surface area (Å²) in [5, 5.41) is 1.91. The first-order chi connectivity index (χ1) is 8.05. The Balaban J connectivity index is 4.63. The molecule has 0 aromatic carbocycles. The molecule has 0 heterocycles. The maximum atomic E-state index is 12.2. The summed E-state index contributed by atoms with van der Waals surface area (Å²) in [6.45, 7) is 8.41. The Labute approximate surface area is 104 Å². The molecule has 0 spiro atoms. The van der Waals surface area contributed by atoms with E-state index in [0.29, 0.717) is 5.57 Å². The second-order valence-electron chi connectivity index (χ2n) is 4.55. The van der Waals surface area contributed by atoms with E-state index >= 15 is 0 Å². The molecule has 0 bridgehead atoms. The third-order valence-corrected chi connectivity index (χ3v) is 2.45. The summed E-state index contributed by atoms with van der Waals surface area (Å²) in [7, 11) is 0. The van der Waals surface area contributed by atoms with Crippen LogP contribution in [0.15, 0.2) is 12.2 Å². The number of halogens is 3. The van der Waals surface area contributed by atoms with E-state index in [1.165, 1.54) is 6.92 Å². The zero-order valence-electron chi connectivity index (χ0n) is 10.7. The lowest BCUT2D eigenvalue weighted by Crippen LogP contribution is -2.46. The predicted molar refractivity (Wildman–Crippen MR) is 61.9 cm³/mol. The molecule has 1 amide bonds. The molecule has 0 aliphatic carbocycles. The molecule has 104 valence electrons. The lowest BCUT2D eigenvalue weighted by atomic mass is 9.93. The highest BCUT2D eigenvalue weighted by molar-refractivity contribution is 5.82. The first kappa shape index (κ1) is 16.7. The van der Waals surface area contributed by atoms with E-state index in [-0.39, 0.29) is 24.5 Å². The Kier molecular flexibility index (Phi) is 6.08. The van der Waals surface area contributed by atoms with Gasteiger partial charge in [-0.05, 0) is 19.3 Å². The molecule has 3 nitrogen and oxygen atoms in total. The highest BCUT2D eigenvalue weighted by atomic mass is 19.4. The van der Waals surface area contributed by atoms with Crippen molar-refractivity contribution >= 4 is 11.7 Å². The molecule has 0 saturated heterocycles. The summed E-state index contributed by atoms with van der Waals surface area (Å²) < 4.78 is 36.5. The van der Waals surface area contributed by atoms with E-state index < -0.39 is 18.1 Å². The largest absolute Gasteiger partial charge is 0.471 e. The number of alkyl halides is 3. The van der Waals surface area contributed by atoms with Crippen molar-refractivity contribution in [1.29, 1.82) is 0 Å². The summed E-state index contributed by atoms with van der Waals surface area (Å²) in [6.07, 6.45) is -4.42. The van der Waals surface area contributed by atoms with Crippen LogP contribution in [0.3, 0.4) is 0 Å². The highest BCUT2D eigenvalue weighted by Gasteiger charge is 2.40. The second kappa shape index (κ2) is 6.56. The van der Waals surface area contributed by atoms with Crippen LogP contribution >= 0.6 is 0 Å². The van der Waals surface area contributed by atoms with Gasteiger partial charge in [-0.25, -0.2) is 0 Å². The fourth-order valence-electron chi connectivity index (χ4n) is 1.46. The highest BCUT2D eigenvalue weighted by Crippen LogP contribution is 2.20. The first-order valence-corrected chi connectivity index (χ1v) is 5.60. The van der Waals surface area contributed by atoms with Crippen molar-refractivity contribution in [3.05, 3.63) is 12.2 Å². The molecule has 6 heteroatoms. The number of ketones is 1. The van der Waals surface area contributed by atoms with Crippen molar-refractivity contribution < 1.29 is 22.8 Å². The molecule has 0 aliphatic rings. The summed E-state index contributed by atoms with van der Waals surface area (Å²) >= 11 is 0. The van der Waals surface area contributed by atoms with Crippen LogP contribution in [0, 0.1) is 5.92 Å². The van der Waals surface area contributed by atoms with Crippen LogP contribution in [0.5, 0.6) is 0 Å². The van der Waals surface area contributed by atoms with Gasteiger partial charge in [0, 0.05) is 6.42 Å². The molecular weight excluding hydrogens is 247 g/mol. The van der Waals surface area contributed by atoms with Gasteiger partial charge in [0.15, 0.2) is 0 Å². The van der Waals surface area contributed by atoms with Crippen molar-refractivity contribution in [2.24, 2.45) is 5.92 Å². The Hall–Kier alpha value is -1.33. The Bertz CT molecular complexity index is 335. The third kappa shape index (κ3) is 5.84. The number of rotatable bonds is 6. The molecule has 0 saturated carbocycles. The minimum atomic E-state index is -4.91. The third-order valence-electron chi connectivity index (χ3n) is 2.45. The van der Waals surface area contributed by atoms with Crippen molar-refractivity contribution in [2.45, 2.75) is 45.8 Å². The zero-order valence-corrected chi connectivity index (χ0v) is 10.7. The van der Waals surface area contributed by atoms with E-state index in [2.05, 4.69) is 6.58 Å². The van der Waals surface area contributed by atoms with Gasteiger partial charge < -0.3 is 10.1 Å². The van der Waals surface area contributed by atoms with Gasteiger partial charge >= 0.3 is 12.1 Å². The first-order valence-electron chi connectivity index (χ1n) is 5.60. The molecule has 0 radical (unpaired) electrons. The SMILES string of the molecule is C=C(CCC(C)=O)C(NC(=O)C(F)(F)F)C(C)C. The molecular formula is C12H18F3NO2. The van der Waals surface area contributed by atoms with Crippen molar-refractivity contribution in [3.63, 3.8) is 0 Å². The number of carbonyl (C=O) groups is 2. The smallest absolute Gasteiger partial charge is 0.342 e. The van der Waals surface area contributed by atoms with Crippen LogP contribution in [0.4, 0.5) is 13.2 Å². The van der Waals surface area contributed by atoms with Crippen LogP contribution < -0.4 is 5.32 Å². The fourth-order valence-corrected chi connectivity index (χ4v) is 1.46. The monoisotopic (exact) mass is 265 g/mol. The number of hydrogen-bond donors (Lipinski definition) is 1. The molecule has 0 rings (SSSR count). The maximum Gasteiger partial charge on any atom is 0.471 e. The van der Waals surface area contributed by atoms with Gasteiger partial charge in [0.25, 0.3) is 0 Å². The minimum Gasteiger partial charge on any atom is -0.342 e. The summed E-state index contributed by atoms with van der Waals surface area (Å²) in [6, 6.07) is -0.779. The van der Waals surface area contributed by atoms with E-state index in [1.807, 2.05) is 5.32 Å². The zero-order chi connectivity index (χ0) is 14.5. The molecule has 0 aromatic rings. The predicted octanol–water partition coefficient (Wildman–Crippen LogP) is 2.61. The average molecular weight is 265 g/mol. The van der Waals surface area contributed by atoms with Gasteiger partial charge in [-0.15, -0.1) is 0 Å². The van der Waals surface area contributed by atoms with Crippen LogP contribution in [-0.2, 0) is 9.59 Å². The fraction of sp³-hybridized carbons (Fsp3) is 0.667. The summed E-state index contributed by atoms with van der Waals surface area (Å²) in [5.74, 6) is -2.28. The molecule has 1 atom stereocenters. The van der Waals surface area contributed by atoms with Gasteiger partial charge in [0.2, 0.25) is 0 Å². The number of hydrogen-bond acceptors (Lipinski definition) is 2. The number of Topliss-reactive ketones (excluding diaryl/α,β-unsaturated/α-hetero) is 1. The Morgan fingerprint density at radius 1 is 1.22 bits per heavy atom. The molecule has 18 heavy (non-hydrogen) atoms. The minimum absolute atomic E-state index is 0.0687. The van der Waals surface area contributed by atoms with Gasteiger partial charge in [0.05, 0.1) is 6.04 Å². The van der Waals surface area contributed by atoms with Crippen molar-refractivity contribution in [2.75, 3.05) is 0 Å². The van der Waals surface area contributed by atoms with Crippen LogP contribution in [0.2, 0.25) is 0 Å². The quantitative estimate of drug-likeness (QED) is 0.750. The molecule has 1 unspecified atom stereocenters. The van der Waals surface area contributed by atoms with E-state index in [1.54, 1.807) is 13.8 Å². The topological polar surface area (TPSA) is 46.2 Å². The van der Waals surface area contributed by atoms with E-state index in [9.17, 15) is 22.8 Å². The lowest BCUT2D eigenvalue weighted by Gasteiger charge is -2.25. The molecule has 0 aromatic heterocycles. The molecule has 1 N–H and O–H groups in total. The van der Waals surface area contributed by atoms with Crippen molar-refractivity contribution in [1.82, 2.24) is 5.32 Å². The standard InChI is InChI=1S/C12H18F3NO2/c1-7(2)10(8(3)5-6-9(4)17)16-11(18)12(13,14)15/h7,10H,3,5-6H2,1-2,4H3,(H,16,18). The Morgan fingerprint density at radius 2 is 1.72 bits per heavy atom. The van der Waals surface area contributed by atoms with Gasteiger partial charge in [-0.2, -0.15) is 13.2 Å². The van der Waals surface area contributed by atoms with Gasteiger partial charge in [0.1, 0.15) is 5.78 Å². The second-order valence-corrected chi connectivity index (χ2v) is 4.55. The van der Waals surface area contributed by atoms with E-state index in [4.69, 9.17) is 0 Å². The van der Waals surface area contributed by atoms with E-state index in [0.717, 1.165) is 0 Å². The number of amides is 1. The van der Waals surface area contributed by atoms with Crippen LogP contribution in [-0.4, -0.2) is 23.9 Å². The normalized spacial score (nSPS) is 13.3. The lowest BCUT2D eigenvalue weighted by molar-refractivity contribution is -0.174. The molecule has 0 aliphatic heterocycles. The summed E-state index contributed by atoms with van der Waals surface area (Å²) in [4.78, 5) is 21.7. The maximum absolute atomic E-state index is 12.2. The Morgan fingerprint density at radius 3 is 2.06 bits per heavy atom. The molecule has 0 fully saturated rings. The average Bonchev–Trinajstić information content (AvgIpc) is 2.20. The summed E-state index contributed by atoms with van der Waals surface area (Å²) in [5.41, 5.74) is 0.429. The van der Waals surface area contributed by atoms with Crippen LogP contribution in [0.1, 0.15) is 33.6 Å². The van der Waals surface area contributed by atoms with Crippen LogP contribution in [0.25, 0.3) is 0 Å². The van der Waals surface area contributed by atoms with Crippen molar-refractivity contribution in [3.8, 4) is 0 Å². The number of nitrogens with one attached hydrogen (secondary N) is 1. The van der Waals surface area contributed by atoms with Gasteiger partial charge in [-0.1, -0.05) is 26.0 Å². The van der Waals surface area contributed by atoms with Gasteiger partial charge in [-0.3, -0.25) is 4.79 Å².